The van der Waals surface area contributed by atoms with Crippen LogP contribution in [0.25, 0.3) is 0 Å². The van der Waals surface area contributed by atoms with Crippen molar-refractivity contribution in [2.75, 3.05) is 37.6 Å². The van der Waals surface area contributed by atoms with E-state index in [0.717, 1.165) is 74.9 Å². The number of nitrogens with one attached hydrogen (secondary N) is 1. The second-order valence-corrected chi connectivity index (χ2v) is 11.3. The highest BCUT2D eigenvalue weighted by molar-refractivity contribution is 5.97. The zero-order chi connectivity index (χ0) is 31.8. The monoisotopic (exact) mass is 620 g/mol. The number of alkyl halides is 3. The molecule has 0 bridgehead atoms. The number of anilines is 1. The number of carbonyl (C=O) groups is 3. The summed E-state index contributed by atoms with van der Waals surface area (Å²) < 4.78 is 44.1. The summed E-state index contributed by atoms with van der Waals surface area (Å²) in [5, 5.41) is 2.34. The molecule has 0 spiro atoms. The van der Waals surface area contributed by atoms with E-state index in [0.29, 0.717) is 11.6 Å². The number of hydrogen-bond acceptors (Lipinski definition) is 6. The molecule has 5 rings (SSSR count). The number of rotatable bonds is 9. The topological polar surface area (TPSA) is 91.3 Å². The van der Waals surface area contributed by atoms with Crippen LogP contribution >= 0.6 is 0 Å². The van der Waals surface area contributed by atoms with Gasteiger partial charge >= 0.3 is 12.1 Å². The Morgan fingerprint density at radius 2 is 1.62 bits per heavy atom. The van der Waals surface area contributed by atoms with Crippen LogP contribution in [0.2, 0.25) is 0 Å². The van der Waals surface area contributed by atoms with Crippen LogP contribution in [0.3, 0.4) is 0 Å². The molecule has 3 aromatic rings. The van der Waals surface area contributed by atoms with Crippen LogP contribution in [0.5, 0.6) is 0 Å². The van der Waals surface area contributed by atoms with E-state index in [2.05, 4.69) is 20.1 Å². The van der Waals surface area contributed by atoms with Gasteiger partial charge in [0.25, 0.3) is 11.8 Å². The molecule has 1 unspecified atom stereocenters. The van der Waals surface area contributed by atoms with Gasteiger partial charge in [0.15, 0.2) is 0 Å². The lowest BCUT2D eigenvalue weighted by Gasteiger charge is -2.38. The van der Waals surface area contributed by atoms with Crippen LogP contribution in [-0.4, -0.2) is 67.7 Å². The molecule has 1 atom stereocenters. The van der Waals surface area contributed by atoms with Crippen molar-refractivity contribution in [2.24, 2.45) is 10.9 Å². The molecule has 2 aliphatic rings. The highest BCUT2D eigenvalue weighted by Crippen LogP contribution is 2.30. The van der Waals surface area contributed by atoms with Crippen molar-refractivity contribution in [3.05, 3.63) is 101 Å². The van der Waals surface area contributed by atoms with E-state index in [1.165, 1.54) is 6.07 Å². The third kappa shape index (κ3) is 8.78. The summed E-state index contributed by atoms with van der Waals surface area (Å²) in [5.74, 6) is -1.56. The zero-order valence-corrected chi connectivity index (χ0v) is 24.7. The van der Waals surface area contributed by atoms with Crippen molar-refractivity contribution in [1.29, 1.82) is 0 Å². The van der Waals surface area contributed by atoms with Crippen molar-refractivity contribution in [3.63, 3.8) is 0 Å². The molecular formula is C34H35F3N4O4. The summed E-state index contributed by atoms with van der Waals surface area (Å²) in [5.41, 5.74) is 1.43. The number of piperidine rings is 1. The molecule has 2 saturated heterocycles. The van der Waals surface area contributed by atoms with Crippen molar-refractivity contribution >= 4 is 29.7 Å². The zero-order valence-electron chi connectivity index (χ0n) is 24.7. The largest absolute Gasteiger partial charge is 0.457 e. The van der Waals surface area contributed by atoms with Crippen molar-refractivity contribution in [3.8, 4) is 0 Å². The van der Waals surface area contributed by atoms with E-state index < -0.39 is 30.1 Å². The number of likely N-dealkylation sites (tertiary alicyclic amines) is 1. The predicted octanol–water partition coefficient (Wildman–Crippen LogP) is 5.38. The molecule has 236 valence electrons. The first kappa shape index (κ1) is 31.9. The number of ether oxygens (including phenoxy) is 1. The molecule has 0 aromatic heterocycles. The number of carbonyl (C=O) groups excluding carboxylic acids is 3. The Hall–Kier alpha value is -4.51. The molecule has 0 saturated carbocycles. The third-order valence-electron chi connectivity index (χ3n) is 8.20. The highest BCUT2D eigenvalue weighted by Gasteiger charge is 2.32. The SMILES string of the molecule is O=C(CNC(=O)c1cccc(C(F)(F)F)c1)N=CC1CCN(C2CCN(c3ccc(C(=O)OCc4ccccc4)cc3)CC2)C1. The lowest BCUT2D eigenvalue weighted by molar-refractivity contribution is -0.137. The van der Waals surface area contributed by atoms with E-state index in [4.69, 9.17) is 4.74 Å². The summed E-state index contributed by atoms with van der Waals surface area (Å²) in [6.45, 7) is 3.32. The molecule has 1 N–H and O–H groups in total. The van der Waals surface area contributed by atoms with Crippen LogP contribution in [-0.2, 0) is 22.3 Å². The Morgan fingerprint density at radius 1 is 0.889 bits per heavy atom. The van der Waals surface area contributed by atoms with Gasteiger partial charge in [-0.15, -0.1) is 0 Å². The summed E-state index contributed by atoms with van der Waals surface area (Å²) in [6.07, 6.45) is -0.0804. The smallest absolute Gasteiger partial charge is 0.416 e. The van der Waals surface area contributed by atoms with Gasteiger partial charge in [-0.1, -0.05) is 36.4 Å². The number of esters is 1. The maximum absolute atomic E-state index is 12.9. The minimum absolute atomic E-state index is 0.111. The summed E-state index contributed by atoms with van der Waals surface area (Å²) in [4.78, 5) is 45.6. The quantitative estimate of drug-likeness (QED) is 0.255. The first-order valence-electron chi connectivity index (χ1n) is 15.0. The van der Waals surface area contributed by atoms with Gasteiger partial charge in [0, 0.05) is 49.1 Å². The average Bonchev–Trinajstić information content (AvgIpc) is 3.54. The molecule has 8 nitrogen and oxygen atoms in total. The molecule has 11 heteroatoms. The van der Waals surface area contributed by atoms with Crippen LogP contribution < -0.4 is 10.2 Å². The van der Waals surface area contributed by atoms with Gasteiger partial charge in [0.2, 0.25) is 0 Å². The second kappa shape index (κ2) is 14.5. The van der Waals surface area contributed by atoms with Crippen LogP contribution in [0.4, 0.5) is 18.9 Å². The Labute approximate surface area is 259 Å². The minimum Gasteiger partial charge on any atom is -0.457 e. The molecule has 0 radical (unpaired) electrons. The van der Waals surface area contributed by atoms with Gasteiger partial charge in [0.1, 0.15) is 6.61 Å². The molecule has 2 heterocycles. The Bertz CT molecular complexity index is 1500. The highest BCUT2D eigenvalue weighted by atomic mass is 19.4. The summed E-state index contributed by atoms with van der Waals surface area (Å²) in [7, 11) is 0. The fourth-order valence-corrected chi connectivity index (χ4v) is 5.70. The van der Waals surface area contributed by atoms with Crippen molar-refractivity contribution < 1.29 is 32.3 Å². The fraction of sp³-hybridized carbons (Fsp3) is 0.353. The first-order chi connectivity index (χ1) is 21.7. The third-order valence-corrected chi connectivity index (χ3v) is 8.20. The molecule has 45 heavy (non-hydrogen) atoms. The lowest BCUT2D eigenvalue weighted by Crippen LogP contribution is -2.44. The second-order valence-electron chi connectivity index (χ2n) is 11.3. The number of halogens is 3. The number of aliphatic imine (C=N–C) groups is 1. The van der Waals surface area contributed by atoms with Gasteiger partial charge in [-0.05, 0) is 73.8 Å². The Kier molecular flexibility index (Phi) is 10.3. The summed E-state index contributed by atoms with van der Waals surface area (Å²) in [6, 6.07) is 21.6. The lowest BCUT2D eigenvalue weighted by atomic mass is 10.0. The van der Waals surface area contributed by atoms with Crippen molar-refractivity contribution in [2.45, 2.75) is 38.1 Å². The number of amides is 2. The van der Waals surface area contributed by atoms with Gasteiger partial charge in [-0.2, -0.15) is 13.2 Å². The van der Waals surface area contributed by atoms with E-state index in [1.807, 2.05) is 42.5 Å². The predicted molar refractivity (Wildman–Crippen MR) is 164 cm³/mol. The Balaban J connectivity index is 1.02. The molecule has 2 amide bonds. The van der Waals surface area contributed by atoms with Crippen LogP contribution in [0, 0.1) is 5.92 Å². The standard InChI is InChI=1S/C34H35F3N4O4/c35-34(36,37)28-8-4-7-27(19-28)32(43)39-21-31(42)38-20-25-13-16-41(22-25)30-14-17-40(18-15-30)29-11-9-26(10-12-29)33(44)45-23-24-5-2-1-3-6-24/h1-12,19-20,25,30H,13-18,21-23H2,(H,39,43). The van der Waals surface area contributed by atoms with E-state index >= 15 is 0 Å². The minimum atomic E-state index is -4.56. The van der Waals surface area contributed by atoms with Gasteiger partial charge < -0.3 is 15.0 Å². The van der Waals surface area contributed by atoms with E-state index in [-0.39, 0.29) is 24.1 Å². The van der Waals surface area contributed by atoms with Crippen LogP contribution in [0.15, 0.2) is 83.9 Å². The van der Waals surface area contributed by atoms with E-state index in [9.17, 15) is 27.6 Å². The average molecular weight is 621 g/mol. The van der Waals surface area contributed by atoms with Crippen LogP contribution in [0.1, 0.15) is 51.1 Å². The van der Waals surface area contributed by atoms with Gasteiger partial charge in [-0.3, -0.25) is 14.5 Å². The maximum Gasteiger partial charge on any atom is 0.416 e. The van der Waals surface area contributed by atoms with E-state index in [1.54, 1.807) is 18.3 Å². The molecule has 2 aliphatic heterocycles. The molecule has 2 fully saturated rings. The summed E-state index contributed by atoms with van der Waals surface area (Å²) >= 11 is 0. The fourth-order valence-electron chi connectivity index (χ4n) is 5.70. The number of benzene rings is 3. The number of hydrogen-bond donors (Lipinski definition) is 1. The molecular weight excluding hydrogens is 585 g/mol. The first-order valence-corrected chi connectivity index (χ1v) is 15.0. The normalized spacial score (nSPS) is 17.8. The maximum atomic E-state index is 12.9. The number of nitrogens with zero attached hydrogens (tertiary/aromatic N) is 3. The molecule has 0 aliphatic carbocycles. The van der Waals surface area contributed by atoms with Crippen molar-refractivity contribution in [1.82, 2.24) is 10.2 Å². The van der Waals surface area contributed by atoms with Gasteiger partial charge in [0.05, 0.1) is 17.7 Å². The Morgan fingerprint density at radius 3 is 2.33 bits per heavy atom. The van der Waals surface area contributed by atoms with Gasteiger partial charge in [-0.25, -0.2) is 9.79 Å². The molecule has 3 aromatic carbocycles.